The molecule has 3 nitrogen and oxygen atoms in total. The van der Waals surface area contributed by atoms with Crippen molar-refractivity contribution in [2.45, 2.75) is 13.8 Å². The molecule has 0 radical (unpaired) electrons. The molecule has 2 aromatic heterocycles. The lowest BCUT2D eigenvalue weighted by atomic mass is 10.1. The van der Waals surface area contributed by atoms with Crippen molar-refractivity contribution < 1.29 is 5.11 Å². The van der Waals surface area contributed by atoms with Gasteiger partial charge in [0, 0.05) is 32.5 Å². The quantitative estimate of drug-likeness (QED) is 0.478. The normalized spacial score (nSPS) is 11.2. The Bertz CT molecular complexity index is 1040. The number of phenols is 1. The molecule has 4 heteroatoms. The van der Waals surface area contributed by atoms with E-state index in [0.717, 1.165) is 27.8 Å². The van der Waals surface area contributed by atoms with Crippen LogP contribution in [-0.4, -0.2) is 10.1 Å². The largest absolute Gasteiger partial charge is 0.508 e. The van der Waals surface area contributed by atoms with Crippen LogP contribution in [0.4, 0.5) is 11.4 Å². The van der Waals surface area contributed by atoms with Gasteiger partial charge < -0.3 is 10.4 Å². The highest BCUT2D eigenvalue weighted by atomic mass is 32.1. The molecular weight excluding hydrogens is 304 g/mol. The Morgan fingerprint density at radius 1 is 1.00 bits per heavy atom. The molecule has 4 rings (SSSR count). The summed E-state index contributed by atoms with van der Waals surface area (Å²) >= 11 is 1.80. The zero-order valence-corrected chi connectivity index (χ0v) is 13.7. The van der Waals surface area contributed by atoms with Gasteiger partial charge >= 0.3 is 0 Å². The third kappa shape index (κ3) is 2.51. The maximum Gasteiger partial charge on any atom is 0.115 e. The van der Waals surface area contributed by atoms with Crippen LogP contribution in [0.25, 0.3) is 21.0 Å². The van der Waals surface area contributed by atoms with Crippen LogP contribution < -0.4 is 5.32 Å². The molecule has 0 aliphatic rings. The predicted octanol–water partition coefficient (Wildman–Crippen LogP) is 5.52. The van der Waals surface area contributed by atoms with Crippen molar-refractivity contribution >= 4 is 43.7 Å². The number of aryl methyl sites for hydroxylation is 2. The minimum Gasteiger partial charge on any atom is -0.508 e. The first-order valence-corrected chi connectivity index (χ1v) is 8.27. The summed E-state index contributed by atoms with van der Waals surface area (Å²) in [5.41, 5.74) is 3.99. The van der Waals surface area contributed by atoms with Crippen LogP contribution >= 0.6 is 11.3 Å². The minimum absolute atomic E-state index is 0.281. The molecule has 2 heterocycles. The van der Waals surface area contributed by atoms with Gasteiger partial charge in [0.2, 0.25) is 0 Å². The van der Waals surface area contributed by atoms with Gasteiger partial charge in [-0.25, -0.2) is 0 Å². The molecule has 2 N–H and O–H groups in total. The number of pyridine rings is 1. The molecule has 114 valence electrons. The number of aromatic nitrogens is 1. The Morgan fingerprint density at radius 3 is 2.70 bits per heavy atom. The van der Waals surface area contributed by atoms with E-state index in [1.807, 2.05) is 25.3 Å². The van der Waals surface area contributed by atoms with Crippen LogP contribution in [0.2, 0.25) is 0 Å². The maximum atomic E-state index is 9.56. The monoisotopic (exact) mass is 320 g/mol. The van der Waals surface area contributed by atoms with Gasteiger partial charge in [0.1, 0.15) is 5.75 Å². The van der Waals surface area contributed by atoms with Gasteiger partial charge in [-0.2, -0.15) is 0 Å². The van der Waals surface area contributed by atoms with Crippen molar-refractivity contribution in [2.75, 3.05) is 5.32 Å². The van der Waals surface area contributed by atoms with Crippen LogP contribution in [0, 0.1) is 13.8 Å². The Hall–Kier alpha value is -2.59. The number of hydrogen-bond acceptors (Lipinski definition) is 4. The van der Waals surface area contributed by atoms with Crippen molar-refractivity contribution in [1.82, 2.24) is 4.98 Å². The van der Waals surface area contributed by atoms with E-state index in [1.54, 1.807) is 23.5 Å². The van der Waals surface area contributed by atoms with Crippen LogP contribution in [0.15, 0.2) is 48.7 Å². The standard InChI is InChI=1S/C19H16N2OS/c1-11-7-14(22)3-4-16(11)21-17-5-6-20-18-9-13-8-12(2)23-19(13)10-15(17)18/h3-10,22H,1-2H3,(H,20,21). The second kappa shape index (κ2) is 5.25. The Balaban J connectivity index is 1.87. The Labute approximate surface area is 138 Å². The number of aromatic hydroxyl groups is 1. The number of benzene rings is 2. The minimum atomic E-state index is 0.281. The van der Waals surface area contributed by atoms with Gasteiger partial charge in [0.15, 0.2) is 0 Å². The lowest BCUT2D eigenvalue weighted by Crippen LogP contribution is -1.94. The molecule has 0 aliphatic carbocycles. The highest BCUT2D eigenvalue weighted by molar-refractivity contribution is 7.19. The summed E-state index contributed by atoms with van der Waals surface area (Å²) in [6.45, 7) is 4.11. The molecule has 0 aliphatic heterocycles. The van der Waals surface area contributed by atoms with Crippen LogP contribution in [0.5, 0.6) is 5.75 Å². The third-order valence-electron chi connectivity index (χ3n) is 3.98. The maximum absolute atomic E-state index is 9.56. The predicted molar refractivity (Wildman–Crippen MR) is 98.0 cm³/mol. The fraction of sp³-hybridized carbons (Fsp3) is 0.105. The van der Waals surface area contributed by atoms with E-state index in [-0.39, 0.29) is 5.75 Å². The summed E-state index contributed by atoms with van der Waals surface area (Å²) in [6.07, 6.45) is 1.82. The number of fused-ring (bicyclic) bond motifs is 2. The lowest BCUT2D eigenvalue weighted by Gasteiger charge is -2.12. The van der Waals surface area contributed by atoms with Gasteiger partial charge in [-0.1, -0.05) is 0 Å². The Morgan fingerprint density at radius 2 is 1.87 bits per heavy atom. The van der Waals surface area contributed by atoms with E-state index >= 15 is 0 Å². The summed E-state index contributed by atoms with van der Waals surface area (Å²) < 4.78 is 1.27. The molecule has 2 aromatic carbocycles. The molecule has 0 fully saturated rings. The summed E-state index contributed by atoms with van der Waals surface area (Å²) in [4.78, 5) is 5.81. The van der Waals surface area contributed by atoms with Gasteiger partial charge in [-0.15, -0.1) is 11.3 Å². The van der Waals surface area contributed by atoms with Gasteiger partial charge in [-0.05, 0) is 67.3 Å². The van der Waals surface area contributed by atoms with Crippen molar-refractivity contribution in [3.63, 3.8) is 0 Å². The molecule has 23 heavy (non-hydrogen) atoms. The summed E-state index contributed by atoms with van der Waals surface area (Å²) in [5.74, 6) is 0.281. The van der Waals surface area contributed by atoms with Crippen LogP contribution in [-0.2, 0) is 0 Å². The number of nitrogens with one attached hydrogen (secondary N) is 1. The second-order valence-electron chi connectivity index (χ2n) is 5.75. The fourth-order valence-corrected chi connectivity index (χ4v) is 3.80. The third-order valence-corrected chi connectivity index (χ3v) is 5.00. The van der Waals surface area contributed by atoms with Crippen molar-refractivity contribution in [3.05, 3.63) is 59.1 Å². The molecule has 0 unspecified atom stereocenters. The van der Waals surface area contributed by atoms with Gasteiger partial charge in [-0.3, -0.25) is 4.98 Å². The van der Waals surface area contributed by atoms with Crippen molar-refractivity contribution in [1.29, 1.82) is 0 Å². The summed E-state index contributed by atoms with van der Waals surface area (Å²) in [7, 11) is 0. The number of nitrogens with zero attached hydrogens (tertiary/aromatic N) is 1. The number of thiophene rings is 1. The molecule has 0 atom stereocenters. The molecular formula is C19H16N2OS. The molecule has 0 amide bonds. The fourth-order valence-electron chi connectivity index (χ4n) is 2.85. The highest BCUT2D eigenvalue weighted by Gasteiger charge is 2.08. The van der Waals surface area contributed by atoms with E-state index in [9.17, 15) is 5.11 Å². The molecule has 0 spiro atoms. The zero-order valence-electron chi connectivity index (χ0n) is 12.9. The van der Waals surface area contributed by atoms with E-state index in [1.165, 1.54) is 15.0 Å². The number of anilines is 2. The smallest absolute Gasteiger partial charge is 0.115 e. The van der Waals surface area contributed by atoms with Crippen LogP contribution in [0.3, 0.4) is 0 Å². The molecule has 4 aromatic rings. The average Bonchev–Trinajstić information content (AvgIpc) is 2.87. The first-order chi connectivity index (χ1) is 11.1. The van der Waals surface area contributed by atoms with Gasteiger partial charge in [0.05, 0.1) is 5.52 Å². The van der Waals surface area contributed by atoms with Crippen LogP contribution in [0.1, 0.15) is 10.4 Å². The van der Waals surface area contributed by atoms with Gasteiger partial charge in [0.25, 0.3) is 0 Å². The first kappa shape index (κ1) is 14.0. The summed E-state index contributed by atoms with van der Waals surface area (Å²) in [5, 5.41) is 15.4. The van der Waals surface area contributed by atoms with E-state index in [0.29, 0.717) is 0 Å². The molecule has 0 saturated carbocycles. The summed E-state index contributed by atoms with van der Waals surface area (Å²) in [6, 6.07) is 13.9. The zero-order chi connectivity index (χ0) is 16.0. The highest BCUT2D eigenvalue weighted by Crippen LogP contribution is 2.33. The van der Waals surface area contributed by atoms with Crippen molar-refractivity contribution in [2.24, 2.45) is 0 Å². The second-order valence-corrected chi connectivity index (χ2v) is 7.03. The number of rotatable bonds is 2. The SMILES string of the molecule is Cc1cc2cc3nccc(Nc4ccc(O)cc4C)c3cc2s1. The van der Waals surface area contributed by atoms with E-state index in [2.05, 4.69) is 35.4 Å². The van der Waals surface area contributed by atoms with E-state index < -0.39 is 0 Å². The number of phenolic OH excluding ortho intramolecular Hbond substituents is 1. The molecule has 0 saturated heterocycles. The molecule has 0 bridgehead atoms. The Kier molecular flexibility index (Phi) is 3.20. The lowest BCUT2D eigenvalue weighted by molar-refractivity contribution is 0.475. The van der Waals surface area contributed by atoms with Crippen molar-refractivity contribution in [3.8, 4) is 5.75 Å². The first-order valence-electron chi connectivity index (χ1n) is 7.46. The topological polar surface area (TPSA) is 45.2 Å². The van der Waals surface area contributed by atoms with E-state index in [4.69, 9.17) is 0 Å². The number of hydrogen-bond donors (Lipinski definition) is 2. The average molecular weight is 320 g/mol.